The van der Waals surface area contributed by atoms with E-state index in [2.05, 4.69) is 5.32 Å². The molecule has 3 N–H and O–H groups in total. The molecule has 7 heteroatoms. The summed E-state index contributed by atoms with van der Waals surface area (Å²) in [6.07, 6.45) is 2.29. The van der Waals surface area contributed by atoms with E-state index in [1.807, 2.05) is 35.2 Å². The Bertz CT molecular complexity index is 779. The van der Waals surface area contributed by atoms with E-state index in [1.54, 1.807) is 24.3 Å². The van der Waals surface area contributed by atoms with Gasteiger partial charge in [-0.25, -0.2) is 0 Å². The number of likely N-dealkylation sites (tertiary alicyclic amines) is 1. The van der Waals surface area contributed by atoms with Crippen molar-refractivity contribution in [3.8, 4) is 5.75 Å². The summed E-state index contributed by atoms with van der Waals surface area (Å²) in [5.41, 5.74) is 7.63. The largest absolute Gasteiger partial charge is 0.484 e. The number of benzene rings is 2. The molecule has 0 saturated carbocycles. The van der Waals surface area contributed by atoms with Gasteiger partial charge in [-0.1, -0.05) is 36.4 Å². The third kappa shape index (κ3) is 6.25. The SMILES string of the molecule is Cl.NC(CC(=O)Nc1cccc(OCC(=O)N2CCCC2)c1)c1ccccc1. The molecule has 6 nitrogen and oxygen atoms in total. The van der Waals surface area contributed by atoms with Gasteiger partial charge in [0.2, 0.25) is 5.91 Å². The number of hydrogen-bond acceptors (Lipinski definition) is 4. The van der Waals surface area contributed by atoms with Crippen LogP contribution in [0.2, 0.25) is 0 Å². The molecule has 2 aromatic rings. The number of carbonyl (C=O) groups excluding carboxylic acids is 2. The number of nitrogens with two attached hydrogens (primary N) is 1. The first-order valence-electron chi connectivity index (χ1n) is 9.23. The first kappa shape index (κ1) is 21.7. The Morgan fingerprint density at radius 1 is 1.07 bits per heavy atom. The molecule has 1 fully saturated rings. The van der Waals surface area contributed by atoms with Crippen LogP contribution < -0.4 is 15.8 Å². The molecule has 150 valence electrons. The van der Waals surface area contributed by atoms with Crippen LogP contribution in [0.5, 0.6) is 5.75 Å². The molecule has 0 aliphatic carbocycles. The highest BCUT2D eigenvalue weighted by Gasteiger charge is 2.18. The highest BCUT2D eigenvalue weighted by atomic mass is 35.5. The van der Waals surface area contributed by atoms with Crippen molar-refractivity contribution in [3.05, 3.63) is 60.2 Å². The van der Waals surface area contributed by atoms with Crippen LogP contribution in [0.1, 0.15) is 30.9 Å². The van der Waals surface area contributed by atoms with Gasteiger partial charge in [0.25, 0.3) is 5.91 Å². The van der Waals surface area contributed by atoms with E-state index in [4.69, 9.17) is 10.5 Å². The van der Waals surface area contributed by atoms with Crippen molar-refractivity contribution in [1.29, 1.82) is 0 Å². The molecule has 2 aromatic carbocycles. The van der Waals surface area contributed by atoms with Crippen molar-refractivity contribution in [2.75, 3.05) is 25.0 Å². The molecule has 1 heterocycles. The fourth-order valence-corrected chi connectivity index (χ4v) is 3.10. The molecule has 1 aliphatic heterocycles. The van der Waals surface area contributed by atoms with Crippen LogP contribution in [0.25, 0.3) is 0 Å². The van der Waals surface area contributed by atoms with E-state index in [-0.39, 0.29) is 43.3 Å². The molecule has 3 rings (SSSR count). The monoisotopic (exact) mass is 403 g/mol. The van der Waals surface area contributed by atoms with Gasteiger partial charge in [-0.05, 0) is 30.5 Å². The second-order valence-electron chi connectivity index (χ2n) is 6.67. The molecular formula is C21H26ClN3O3. The van der Waals surface area contributed by atoms with Gasteiger partial charge in [0, 0.05) is 37.3 Å². The summed E-state index contributed by atoms with van der Waals surface area (Å²) in [5, 5.41) is 2.83. The summed E-state index contributed by atoms with van der Waals surface area (Å²) in [4.78, 5) is 26.1. The summed E-state index contributed by atoms with van der Waals surface area (Å²) in [5.74, 6) is 0.375. The third-order valence-electron chi connectivity index (χ3n) is 4.57. The van der Waals surface area contributed by atoms with Gasteiger partial charge in [-0.3, -0.25) is 9.59 Å². The average molecular weight is 404 g/mol. The second kappa shape index (κ2) is 10.7. The first-order chi connectivity index (χ1) is 13.1. The van der Waals surface area contributed by atoms with Gasteiger partial charge in [0.15, 0.2) is 6.61 Å². The lowest BCUT2D eigenvalue weighted by Crippen LogP contribution is -2.32. The summed E-state index contributed by atoms with van der Waals surface area (Å²) >= 11 is 0. The average Bonchev–Trinajstić information content (AvgIpc) is 3.22. The normalized spacial score (nSPS) is 14.1. The maximum atomic E-state index is 12.3. The Morgan fingerprint density at radius 3 is 2.50 bits per heavy atom. The van der Waals surface area contributed by atoms with Gasteiger partial charge in [-0.15, -0.1) is 12.4 Å². The third-order valence-corrected chi connectivity index (χ3v) is 4.57. The molecule has 0 aromatic heterocycles. The molecule has 0 spiro atoms. The lowest BCUT2D eigenvalue weighted by atomic mass is 10.0. The van der Waals surface area contributed by atoms with Gasteiger partial charge in [0.1, 0.15) is 5.75 Å². The lowest BCUT2D eigenvalue weighted by molar-refractivity contribution is -0.132. The zero-order valence-electron chi connectivity index (χ0n) is 15.7. The first-order valence-corrected chi connectivity index (χ1v) is 9.23. The van der Waals surface area contributed by atoms with Gasteiger partial charge in [0.05, 0.1) is 0 Å². The highest BCUT2D eigenvalue weighted by Crippen LogP contribution is 2.19. The van der Waals surface area contributed by atoms with Crippen molar-refractivity contribution in [2.45, 2.75) is 25.3 Å². The van der Waals surface area contributed by atoms with Crippen LogP contribution in [0.15, 0.2) is 54.6 Å². The van der Waals surface area contributed by atoms with Crippen LogP contribution in [0, 0.1) is 0 Å². The van der Waals surface area contributed by atoms with Gasteiger partial charge < -0.3 is 20.7 Å². The molecule has 1 atom stereocenters. The summed E-state index contributed by atoms with van der Waals surface area (Å²) < 4.78 is 5.59. The van der Waals surface area contributed by atoms with Crippen molar-refractivity contribution in [2.24, 2.45) is 5.73 Å². The van der Waals surface area contributed by atoms with Crippen molar-refractivity contribution >= 4 is 29.9 Å². The Morgan fingerprint density at radius 2 is 1.79 bits per heavy atom. The number of hydrogen-bond donors (Lipinski definition) is 2. The minimum absolute atomic E-state index is 0. The second-order valence-corrected chi connectivity index (χ2v) is 6.67. The van der Waals surface area contributed by atoms with Crippen LogP contribution in [0.4, 0.5) is 5.69 Å². The fourth-order valence-electron chi connectivity index (χ4n) is 3.10. The molecule has 28 heavy (non-hydrogen) atoms. The number of nitrogens with zero attached hydrogens (tertiary/aromatic N) is 1. The quantitative estimate of drug-likeness (QED) is 0.743. The fraction of sp³-hybridized carbons (Fsp3) is 0.333. The van der Waals surface area contributed by atoms with Crippen molar-refractivity contribution < 1.29 is 14.3 Å². The van der Waals surface area contributed by atoms with Crippen molar-refractivity contribution in [3.63, 3.8) is 0 Å². The van der Waals surface area contributed by atoms with E-state index in [1.165, 1.54) is 0 Å². The Kier molecular flexibility index (Phi) is 8.29. The molecule has 1 unspecified atom stereocenters. The Hall–Kier alpha value is -2.57. The number of nitrogens with one attached hydrogen (secondary N) is 1. The Labute approximate surface area is 171 Å². The molecule has 1 aliphatic rings. The number of rotatable bonds is 7. The number of anilines is 1. The highest BCUT2D eigenvalue weighted by molar-refractivity contribution is 5.91. The predicted molar refractivity (Wildman–Crippen MR) is 112 cm³/mol. The summed E-state index contributed by atoms with van der Waals surface area (Å²) in [7, 11) is 0. The smallest absolute Gasteiger partial charge is 0.260 e. The maximum absolute atomic E-state index is 12.3. The lowest BCUT2D eigenvalue weighted by Gasteiger charge is -2.16. The standard InChI is InChI=1S/C21H25N3O3.ClH/c22-19(16-7-2-1-3-8-16)14-20(25)23-17-9-6-10-18(13-17)27-15-21(26)24-11-4-5-12-24;/h1-3,6-10,13,19H,4-5,11-12,14-15,22H2,(H,23,25);1H. The van der Waals surface area contributed by atoms with Gasteiger partial charge in [-0.2, -0.15) is 0 Å². The maximum Gasteiger partial charge on any atom is 0.260 e. The number of ether oxygens (including phenoxy) is 1. The van der Waals surface area contributed by atoms with E-state index >= 15 is 0 Å². The molecule has 2 amide bonds. The van der Waals surface area contributed by atoms with E-state index in [9.17, 15) is 9.59 Å². The minimum Gasteiger partial charge on any atom is -0.484 e. The zero-order valence-corrected chi connectivity index (χ0v) is 16.5. The van der Waals surface area contributed by atoms with Gasteiger partial charge >= 0.3 is 0 Å². The number of halogens is 1. The van der Waals surface area contributed by atoms with Crippen LogP contribution in [-0.2, 0) is 9.59 Å². The van der Waals surface area contributed by atoms with Crippen LogP contribution in [-0.4, -0.2) is 36.4 Å². The van der Waals surface area contributed by atoms with Crippen molar-refractivity contribution in [1.82, 2.24) is 4.90 Å². The van der Waals surface area contributed by atoms with Crippen LogP contribution in [0.3, 0.4) is 0 Å². The summed E-state index contributed by atoms with van der Waals surface area (Å²) in [6.45, 7) is 1.62. The van der Waals surface area contributed by atoms with E-state index in [0.717, 1.165) is 31.5 Å². The van der Waals surface area contributed by atoms with Crippen LogP contribution >= 0.6 is 12.4 Å². The molecule has 0 radical (unpaired) electrons. The predicted octanol–water partition coefficient (Wildman–Crippen LogP) is 3.14. The van der Waals surface area contributed by atoms with E-state index in [0.29, 0.717) is 11.4 Å². The molecule has 1 saturated heterocycles. The summed E-state index contributed by atoms with van der Waals surface area (Å²) in [6, 6.07) is 16.2. The number of carbonyl (C=O) groups is 2. The molecule has 0 bridgehead atoms. The topological polar surface area (TPSA) is 84.7 Å². The van der Waals surface area contributed by atoms with E-state index < -0.39 is 0 Å². The molecular weight excluding hydrogens is 378 g/mol. The minimum atomic E-state index is -0.358. The zero-order chi connectivity index (χ0) is 19.1. The number of amides is 2. The Balaban J connectivity index is 0.00000280.